The van der Waals surface area contributed by atoms with Crippen LogP contribution in [-0.2, 0) is 9.53 Å². The second-order valence-electron chi connectivity index (χ2n) is 5.54. The molecule has 8 nitrogen and oxygen atoms in total. The van der Waals surface area contributed by atoms with Gasteiger partial charge in [-0.3, -0.25) is 9.59 Å². The Labute approximate surface area is 152 Å². The Morgan fingerprint density at radius 3 is 2.42 bits per heavy atom. The van der Waals surface area contributed by atoms with Gasteiger partial charge < -0.3 is 30.5 Å². The van der Waals surface area contributed by atoms with Gasteiger partial charge in [0.25, 0.3) is 11.7 Å². The fourth-order valence-electron chi connectivity index (χ4n) is 2.85. The summed E-state index contributed by atoms with van der Waals surface area (Å²) in [6.45, 7) is -0.569. The van der Waals surface area contributed by atoms with Gasteiger partial charge in [-0.05, 0) is 22.0 Å². The topological polar surface area (TPSA) is 136 Å². The van der Waals surface area contributed by atoms with Gasteiger partial charge in [0.2, 0.25) is 0 Å². The highest BCUT2D eigenvalue weighted by molar-refractivity contribution is 9.11. The molecule has 2 aliphatic rings. The van der Waals surface area contributed by atoms with E-state index in [0.29, 0.717) is 10.2 Å². The number of ketones is 1. The number of aliphatic hydroxyl groups is 4. The number of ether oxygens (including phenoxy) is 1. The molecule has 130 valence electrons. The van der Waals surface area contributed by atoms with Crippen LogP contribution in [0.2, 0.25) is 0 Å². The summed E-state index contributed by atoms with van der Waals surface area (Å²) < 4.78 is 6.14. The van der Waals surface area contributed by atoms with Crippen molar-refractivity contribution in [3.05, 3.63) is 26.1 Å². The monoisotopic (exact) mass is 465 g/mol. The standard InChI is InChI=1S/C14H13Br2NO7/c15-3-1-4-7(10(20)14(23)17-4)8(16)6(3)13-12(22)11(21)9(19)5(2-18)24-13/h1,5,9,11-13,18-19,21-22H,2H2,(H,17,20,23)/t5-,9-,11+,12-,13?/m1/s1. The molecule has 1 aromatic carbocycles. The minimum atomic E-state index is -1.55. The Morgan fingerprint density at radius 1 is 1.12 bits per heavy atom. The zero-order valence-electron chi connectivity index (χ0n) is 11.9. The molecule has 2 aliphatic heterocycles. The lowest BCUT2D eigenvalue weighted by Crippen LogP contribution is -2.55. The van der Waals surface area contributed by atoms with Crippen molar-refractivity contribution in [2.45, 2.75) is 30.5 Å². The number of nitrogens with one attached hydrogen (secondary N) is 1. The number of carbonyl (C=O) groups is 2. The maximum absolute atomic E-state index is 12.0. The average Bonchev–Trinajstić information content (AvgIpc) is 2.81. The molecule has 1 unspecified atom stereocenters. The van der Waals surface area contributed by atoms with E-state index in [2.05, 4.69) is 37.2 Å². The van der Waals surface area contributed by atoms with E-state index in [4.69, 9.17) is 4.74 Å². The largest absolute Gasteiger partial charge is 0.394 e. The first-order valence-electron chi connectivity index (χ1n) is 6.96. The van der Waals surface area contributed by atoms with Gasteiger partial charge in [-0.2, -0.15) is 0 Å². The van der Waals surface area contributed by atoms with Crippen LogP contribution in [0, 0.1) is 0 Å². The third-order valence-corrected chi connectivity index (χ3v) is 5.59. The molecule has 0 spiro atoms. The SMILES string of the molecule is O=C1Nc2cc(Br)c(C3O[C@H](CO)[C@@H](O)[C@H](O)[C@H]3O)c(Br)c2C1=O. The minimum absolute atomic E-state index is 0.0927. The summed E-state index contributed by atoms with van der Waals surface area (Å²) in [6.07, 6.45) is -6.77. The van der Waals surface area contributed by atoms with Crippen molar-refractivity contribution >= 4 is 49.2 Å². The van der Waals surface area contributed by atoms with E-state index < -0.39 is 48.8 Å². The van der Waals surface area contributed by atoms with Gasteiger partial charge in [-0.25, -0.2) is 0 Å². The lowest BCUT2D eigenvalue weighted by atomic mass is 9.90. The third-order valence-electron chi connectivity index (χ3n) is 4.11. The van der Waals surface area contributed by atoms with Gasteiger partial charge in [0, 0.05) is 14.5 Å². The Bertz CT molecular complexity index is 724. The molecule has 1 saturated heterocycles. The van der Waals surface area contributed by atoms with Crippen molar-refractivity contribution in [1.29, 1.82) is 0 Å². The van der Waals surface area contributed by atoms with Crippen molar-refractivity contribution in [3.8, 4) is 0 Å². The molecule has 2 heterocycles. The van der Waals surface area contributed by atoms with Gasteiger partial charge in [0.05, 0.1) is 17.9 Å². The smallest absolute Gasteiger partial charge is 0.296 e. The quantitative estimate of drug-likeness (QED) is 0.382. The first-order chi connectivity index (χ1) is 11.3. The van der Waals surface area contributed by atoms with Crippen LogP contribution >= 0.6 is 31.9 Å². The molecular formula is C14H13Br2NO7. The molecule has 0 radical (unpaired) electrons. The average molecular weight is 467 g/mol. The molecule has 5 atom stereocenters. The molecule has 24 heavy (non-hydrogen) atoms. The number of aliphatic hydroxyl groups excluding tert-OH is 4. The molecule has 3 rings (SSSR count). The number of amides is 1. The summed E-state index contributed by atoms with van der Waals surface area (Å²) in [5.41, 5.74) is 0.683. The summed E-state index contributed by atoms with van der Waals surface area (Å²) in [7, 11) is 0. The highest BCUT2D eigenvalue weighted by atomic mass is 79.9. The molecule has 1 amide bonds. The highest BCUT2D eigenvalue weighted by Crippen LogP contribution is 2.44. The normalized spacial score (nSPS) is 32.7. The van der Waals surface area contributed by atoms with Crippen LogP contribution in [0.4, 0.5) is 5.69 Å². The number of fused-ring (bicyclic) bond motifs is 1. The minimum Gasteiger partial charge on any atom is -0.394 e. The van der Waals surface area contributed by atoms with Crippen molar-refractivity contribution in [1.82, 2.24) is 0 Å². The van der Waals surface area contributed by atoms with E-state index in [1.54, 1.807) is 0 Å². The number of rotatable bonds is 2. The summed E-state index contributed by atoms with van der Waals surface area (Å²) >= 11 is 6.54. The van der Waals surface area contributed by atoms with E-state index in [0.717, 1.165) is 0 Å². The molecule has 0 aliphatic carbocycles. The van der Waals surface area contributed by atoms with E-state index in [1.165, 1.54) is 6.07 Å². The Hall–Kier alpha value is -0.880. The Balaban J connectivity index is 2.10. The van der Waals surface area contributed by atoms with Crippen molar-refractivity contribution in [2.24, 2.45) is 0 Å². The number of anilines is 1. The summed E-state index contributed by atoms with van der Waals surface area (Å²) in [6, 6.07) is 1.49. The molecule has 0 bridgehead atoms. The first-order valence-corrected chi connectivity index (χ1v) is 8.54. The van der Waals surface area contributed by atoms with Crippen LogP contribution in [0.25, 0.3) is 0 Å². The number of Topliss-reactive ketones (excluding diaryl/α,β-unsaturated/α-hetero) is 1. The van der Waals surface area contributed by atoms with Gasteiger partial charge in [-0.15, -0.1) is 0 Å². The number of carbonyl (C=O) groups excluding carboxylic acids is 2. The molecule has 5 N–H and O–H groups in total. The Kier molecular flexibility index (Phi) is 4.82. The fraction of sp³-hybridized carbons (Fsp3) is 0.429. The molecule has 0 aromatic heterocycles. The molecule has 1 fully saturated rings. The van der Waals surface area contributed by atoms with Crippen molar-refractivity contribution in [3.63, 3.8) is 0 Å². The third kappa shape index (κ3) is 2.62. The van der Waals surface area contributed by atoms with Gasteiger partial charge in [-0.1, -0.05) is 15.9 Å². The van der Waals surface area contributed by atoms with Crippen LogP contribution in [0.1, 0.15) is 22.0 Å². The van der Waals surface area contributed by atoms with Gasteiger partial charge in [0.15, 0.2) is 0 Å². The van der Waals surface area contributed by atoms with E-state index in [9.17, 15) is 30.0 Å². The Morgan fingerprint density at radius 2 is 1.79 bits per heavy atom. The van der Waals surface area contributed by atoms with Crippen LogP contribution in [0.3, 0.4) is 0 Å². The van der Waals surface area contributed by atoms with E-state index in [1.807, 2.05) is 0 Å². The molecule has 1 aromatic rings. The molecule has 10 heteroatoms. The van der Waals surface area contributed by atoms with Crippen molar-refractivity contribution in [2.75, 3.05) is 11.9 Å². The summed E-state index contributed by atoms with van der Waals surface area (Å²) in [4.78, 5) is 23.5. The first kappa shape index (κ1) is 17.9. The number of benzene rings is 1. The number of hydrogen-bond acceptors (Lipinski definition) is 7. The number of hydrogen-bond donors (Lipinski definition) is 5. The summed E-state index contributed by atoms with van der Waals surface area (Å²) in [5, 5.41) is 41.8. The predicted molar refractivity (Wildman–Crippen MR) is 87.5 cm³/mol. The molecule has 0 saturated carbocycles. The lowest BCUT2D eigenvalue weighted by molar-refractivity contribution is -0.232. The zero-order valence-corrected chi connectivity index (χ0v) is 15.1. The van der Waals surface area contributed by atoms with E-state index in [-0.39, 0.29) is 15.6 Å². The van der Waals surface area contributed by atoms with Crippen LogP contribution in [-0.4, -0.2) is 63.1 Å². The maximum Gasteiger partial charge on any atom is 0.296 e. The summed E-state index contributed by atoms with van der Waals surface area (Å²) in [5.74, 6) is -1.52. The van der Waals surface area contributed by atoms with Gasteiger partial charge >= 0.3 is 0 Å². The van der Waals surface area contributed by atoms with Crippen molar-refractivity contribution < 1.29 is 34.8 Å². The lowest BCUT2D eigenvalue weighted by Gasteiger charge is -2.40. The highest BCUT2D eigenvalue weighted by Gasteiger charge is 2.46. The fourth-order valence-corrected chi connectivity index (χ4v) is 4.60. The van der Waals surface area contributed by atoms with Crippen LogP contribution in [0.15, 0.2) is 15.0 Å². The van der Waals surface area contributed by atoms with Gasteiger partial charge in [0.1, 0.15) is 30.5 Å². The maximum atomic E-state index is 12.0. The second kappa shape index (κ2) is 6.45. The second-order valence-corrected chi connectivity index (χ2v) is 7.19. The van der Waals surface area contributed by atoms with Crippen LogP contribution in [0.5, 0.6) is 0 Å². The molecular weight excluding hydrogens is 454 g/mol. The van der Waals surface area contributed by atoms with Crippen LogP contribution < -0.4 is 5.32 Å². The predicted octanol–water partition coefficient (Wildman–Crippen LogP) is -0.139. The van der Waals surface area contributed by atoms with E-state index >= 15 is 0 Å². The zero-order chi connectivity index (χ0) is 17.8. The number of halogens is 2.